The molecule has 3 rings (SSSR count). The normalized spacial score (nSPS) is 13.9. The van der Waals surface area contributed by atoms with Gasteiger partial charge in [-0.25, -0.2) is 8.42 Å². The summed E-state index contributed by atoms with van der Waals surface area (Å²) >= 11 is 6.09. The van der Waals surface area contributed by atoms with Gasteiger partial charge in [0, 0.05) is 11.6 Å². The summed E-state index contributed by atoms with van der Waals surface area (Å²) in [5.74, 6) is 0.177. The Morgan fingerprint density at radius 1 is 1.16 bits per heavy atom. The van der Waals surface area contributed by atoms with Gasteiger partial charge >= 0.3 is 0 Å². The van der Waals surface area contributed by atoms with E-state index in [-0.39, 0.29) is 17.3 Å². The number of anilines is 1. The van der Waals surface area contributed by atoms with Crippen LogP contribution in [-0.4, -0.2) is 34.5 Å². The molecule has 31 heavy (non-hydrogen) atoms. The molecule has 0 atom stereocenters. The zero-order chi connectivity index (χ0) is 22.3. The maximum atomic E-state index is 13.4. The van der Waals surface area contributed by atoms with Crippen molar-refractivity contribution in [1.29, 1.82) is 0 Å². The maximum Gasteiger partial charge on any atom is 0.264 e. The van der Waals surface area contributed by atoms with Crippen molar-refractivity contribution in [2.75, 3.05) is 24.5 Å². The fraction of sp³-hybridized carbons (Fsp3) is 0.348. The number of nitrogens with one attached hydrogen (secondary N) is 1. The molecular weight excluding hydrogens is 436 g/mol. The first-order chi connectivity index (χ1) is 14.9. The van der Waals surface area contributed by atoms with Gasteiger partial charge in [0.15, 0.2) is 0 Å². The van der Waals surface area contributed by atoms with Gasteiger partial charge in [-0.15, -0.1) is 0 Å². The first kappa shape index (κ1) is 23.2. The Labute approximate surface area is 188 Å². The van der Waals surface area contributed by atoms with Gasteiger partial charge in [0.2, 0.25) is 5.91 Å². The van der Waals surface area contributed by atoms with E-state index in [0.29, 0.717) is 23.0 Å². The van der Waals surface area contributed by atoms with Crippen molar-refractivity contribution in [3.8, 4) is 5.75 Å². The van der Waals surface area contributed by atoms with Crippen LogP contribution in [0.2, 0.25) is 5.02 Å². The van der Waals surface area contributed by atoms with Gasteiger partial charge in [0.1, 0.15) is 12.3 Å². The molecule has 1 N–H and O–H groups in total. The van der Waals surface area contributed by atoms with Gasteiger partial charge in [0.25, 0.3) is 10.0 Å². The van der Waals surface area contributed by atoms with Gasteiger partial charge in [-0.3, -0.25) is 9.10 Å². The lowest BCUT2D eigenvalue weighted by Crippen LogP contribution is -2.41. The fourth-order valence-electron chi connectivity index (χ4n) is 3.50. The summed E-state index contributed by atoms with van der Waals surface area (Å²) < 4.78 is 32.9. The van der Waals surface area contributed by atoms with Crippen LogP contribution in [-0.2, 0) is 14.8 Å². The minimum absolute atomic E-state index is 0.0634. The van der Waals surface area contributed by atoms with Gasteiger partial charge in [-0.1, -0.05) is 29.3 Å². The van der Waals surface area contributed by atoms with Crippen molar-refractivity contribution in [3.05, 3.63) is 65.2 Å². The van der Waals surface area contributed by atoms with E-state index < -0.39 is 10.0 Å². The van der Waals surface area contributed by atoms with Crippen molar-refractivity contribution in [2.24, 2.45) is 0 Å². The van der Waals surface area contributed by atoms with Crippen molar-refractivity contribution >= 4 is 33.2 Å². The molecule has 1 aliphatic rings. The van der Waals surface area contributed by atoms with E-state index in [1.165, 1.54) is 43.7 Å². The third kappa shape index (κ3) is 6.24. The molecule has 8 heteroatoms. The van der Waals surface area contributed by atoms with E-state index in [1.54, 1.807) is 30.3 Å². The molecular formula is C23H27ClN2O4S. The zero-order valence-corrected chi connectivity index (χ0v) is 19.1. The molecule has 0 fully saturated rings. The summed E-state index contributed by atoms with van der Waals surface area (Å²) in [5, 5.41) is 3.23. The van der Waals surface area contributed by atoms with E-state index in [4.69, 9.17) is 16.3 Å². The molecule has 0 aliphatic heterocycles. The summed E-state index contributed by atoms with van der Waals surface area (Å²) in [7, 11) is -2.48. The van der Waals surface area contributed by atoms with Crippen molar-refractivity contribution < 1.29 is 17.9 Å². The molecule has 166 valence electrons. The van der Waals surface area contributed by atoms with E-state index in [0.717, 1.165) is 23.6 Å². The molecule has 0 saturated carbocycles. The highest BCUT2D eigenvalue weighted by molar-refractivity contribution is 7.92. The first-order valence-electron chi connectivity index (χ1n) is 10.3. The van der Waals surface area contributed by atoms with Gasteiger partial charge in [0.05, 0.1) is 17.7 Å². The van der Waals surface area contributed by atoms with Crippen LogP contribution >= 0.6 is 11.6 Å². The standard InChI is InChI=1S/C23H27ClN2O4S/c1-30-21-10-12-22(13-11-21)31(28,29)26(20-9-5-8-19(24)16-20)17-23(27)25-15-14-18-6-3-2-4-7-18/h5-6,8-13,16H,2-4,7,14-15,17H2,1H3,(H,25,27). The van der Waals surface area contributed by atoms with E-state index in [2.05, 4.69) is 11.4 Å². The largest absolute Gasteiger partial charge is 0.497 e. The lowest BCUT2D eigenvalue weighted by Gasteiger charge is -2.24. The smallest absolute Gasteiger partial charge is 0.264 e. The number of carbonyl (C=O) groups is 1. The Morgan fingerprint density at radius 2 is 1.94 bits per heavy atom. The second-order valence-electron chi connectivity index (χ2n) is 7.38. The van der Waals surface area contributed by atoms with Crippen LogP contribution < -0.4 is 14.4 Å². The van der Waals surface area contributed by atoms with Crippen LogP contribution in [0.4, 0.5) is 5.69 Å². The number of hydrogen-bond donors (Lipinski definition) is 1. The lowest BCUT2D eigenvalue weighted by molar-refractivity contribution is -0.119. The van der Waals surface area contributed by atoms with Crippen LogP contribution in [0.25, 0.3) is 0 Å². The molecule has 0 aromatic heterocycles. The third-order valence-corrected chi connectivity index (χ3v) is 7.21. The predicted molar refractivity (Wildman–Crippen MR) is 123 cm³/mol. The summed E-state index contributed by atoms with van der Waals surface area (Å²) in [5.41, 5.74) is 1.68. The molecule has 0 radical (unpaired) electrons. The highest BCUT2D eigenvalue weighted by Crippen LogP contribution is 2.27. The number of ether oxygens (including phenoxy) is 1. The molecule has 0 saturated heterocycles. The quantitative estimate of drug-likeness (QED) is 0.554. The van der Waals surface area contributed by atoms with Crippen LogP contribution in [0, 0.1) is 0 Å². The number of amides is 1. The molecule has 0 heterocycles. The zero-order valence-electron chi connectivity index (χ0n) is 17.5. The minimum Gasteiger partial charge on any atom is -0.497 e. The second-order valence-corrected chi connectivity index (χ2v) is 9.67. The first-order valence-corrected chi connectivity index (χ1v) is 12.1. The lowest BCUT2D eigenvalue weighted by atomic mass is 9.97. The van der Waals surface area contributed by atoms with Crippen LogP contribution in [0.15, 0.2) is 65.1 Å². The van der Waals surface area contributed by atoms with Crippen LogP contribution in [0.3, 0.4) is 0 Å². The summed E-state index contributed by atoms with van der Waals surface area (Å²) in [6.45, 7) is 0.143. The van der Waals surface area contributed by atoms with Gasteiger partial charge in [-0.2, -0.15) is 0 Å². The van der Waals surface area contributed by atoms with Crippen molar-refractivity contribution in [2.45, 2.75) is 37.0 Å². The molecule has 1 amide bonds. The Balaban J connectivity index is 1.77. The Morgan fingerprint density at radius 3 is 2.58 bits per heavy atom. The maximum absolute atomic E-state index is 13.4. The number of hydrogen-bond acceptors (Lipinski definition) is 4. The van der Waals surface area contributed by atoms with E-state index >= 15 is 0 Å². The van der Waals surface area contributed by atoms with Gasteiger partial charge in [-0.05, 0) is 74.6 Å². The number of benzene rings is 2. The molecule has 0 bridgehead atoms. The summed E-state index contributed by atoms with van der Waals surface area (Å²) in [6.07, 6.45) is 7.58. The summed E-state index contributed by atoms with van der Waals surface area (Å²) in [6, 6.07) is 12.5. The summed E-state index contributed by atoms with van der Waals surface area (Å²) in [4.78, 5) is 12.7. The van der Waals surface area contributed by atoms with Crippen LogP contribution in [0.5, 0.6) is 5.75 Å². The number of methoxy groups -OCH3 is 1. The number of nitrogens with zero attached hydrogens (tertiary/aromatic N) is 1. The molecule has 1 aliphatic carbocycles. The average Bonchev–Trinajstić information content (AvgIpc) is 2.78. The fourth-order valence-corrected chi connectivity index (χ4v) is 5.10. The predicted octanol–water partition coefficient (Wildman–Crippen LogP) is 4.55. The second kappa shape index (κ2) is 10.7. The highest BCUT2D eigenvalue weighted by atomic mass is 35.5. The number of allylic oxidation sites excluding steroid dienone is 1. The van der Waals surface area contributed by atoms with Gasteiger partial charge < -0.3 is 10.1 Å². The topological polar surface area (TPSA) is 75.7 Å². The molecule has 2 aromatic carbocycles. The number of halogens is 1. The van der Waals surface area contributed by atoms with Crippen molar-refractivity contribution in [1.82, 2.24) is 5.32 Å². The molecule has 2 aromatic rings. The average molecular weight is 463 g/mol. The van der Waals surface area contributed by atoms with E-state index in [9.17, 15) is 13.2 Å². The Bertz CT molecular complexity index is 1040. The van der Waals surface area contributed by atoms with Crippen molar-refractivity contribution in [3.63, 3.8) is 0 Å². The number of rotatable bonds is 9. The SMILES string of the molecule is COc1ccc(S(=O)(=O)N(CC(=O)NCCC2=CCCCC2)c2cccc(Cl)c2)cc1. The van der Waals surface area contributed by atoms with Crippen LogP contribution in [0.1, 0.15) is 32.1 Å². The molecule has 6 nitrogen and oxygen atoms in total. The monoisotopic (exact) mass is 462 g/mol. The Kier molecular flexibility index (Phi) is 7.98. The molecule has 0 spiro atoms. The number of sulfonamides is 1. The minimum atomic E-state index is -3.99. The highest BCUT2D eigenvalue weighted by Gasteiger charge is 2.27. The molecule has 0 unspecified atom stereocenters. The Hall–Kier alpha value is -2.51. The number of carbonyl (C=O) groups excluding carboxylic acids is 1. The van der Waals surface area contributed by atoms with E-state index in [1.807, 2.05) is 0 Å². The third-order valence-electron chi connectivity index (χ3n) is 5.18.